The molecule has 3 N–H and O–H groups in total. The first-order valence-corrected chi connectivity index (χ1v) is 8.87. The van der Waals surface area contributed by atoms with Crippen LogP contribution in [0.5, 0.6) is 0 Å². The Bertz CT molecular complexity index is 918. The van der Waals surface area contributed by atoms with E-state index in [1.54, 1.807) is 35.0 Å². The van der Waals surface area contributed by atoms with Gasteiger partial charge in [0.05, 0.1) is 26.7 Å². The van der Waals surface area contributed by atoms with Crippen LogP contribution in [0.1, 0.15) is 29.7 Å². The van der Waals surface area contributed by atoms with Crippen molar-refractivity contribution in [1.29, 1.82) is 0 Å². The van der Waals surface area contributed by atoms with Crippen LogP contribution in [-0.4, -0.2) is 22.9 Å². The average Bonchev–Trinajstić information content (AvgIpc) is 3.29. The van der Waals surface area contributed by atoms with Crippen LogP contribution in [0, 0.1) is 0 Å². The van der Waals surface area contributed by atoms with Gasteiger partial charge in [-0.3, -0.25) is 9.59 Å². The van der Waals surface area contributed by atoms with Crippen LogP contribution >= 0.6 is 22.7 Å². The van der Waals surface area contributed by atoms with Gasteiger partial charge in [0.1, 0.15) is 0 Å². The van der Waals surface area contributed by atoms with E-state index < -0.39 is 5.97 Å². The van der Waals surface area contributed by atoms with E-state index in [1.165, 1.54) is 40.9 Å². The number of thiophene rings is 2. The Balaban J connectivity index is 1.89. The van der Waals surface area contributed by atoms with E-state index in [1.807, 2.05) is 0 Å². The standard InChI is InChI=1S/C17H12N2O4S2/c20-15(13-3-1-7-24-13)18-11-6-5-10(17(22)23)9-12(11)19-16(21)14-4-2-8-25-14/h1-9H,(H,18,20)(H,19,21)(H,22,23). The quantitative estimate of drug-likeness (QED) is 0.630. The molecule has 8 heteroatoms. The van der Waals surface area contributed by atoms with E-state index in [4.69, 9.17) is 5.11 Å². The number of carboxylic acids is 1. The molecule has 0 aliphatic heterocycles. The number of amides is 2. The van der Waals surface area contributed by atoms with Crippen LogP contribution in [-0.2, 0) is 0 Å². The molecule has 126 valence electrons. The summed E-state index contributed by atoms with van der Waals surface area (Å²) in [5.41, 5.74) is 0.562. The highest BCUT2D eigenvalue weighted by molar-refractivity contribution is 7.12. The van der Waals surface area contributed by atoms with Gasteiger partial charge in [0.25, 0.3) is 11.8 Å². The third-order valence-corrected chi connectivity index (χ3v) is 4.99. The Hall–Kier alpha value is -2.97. The first-order valence-electron chi connectivity index (χ1n) is 7.11. The third-order valence-electron chi connectivity index (χ3n) is 3.25. The fourth-order valence-electron chi connectivity index (χ4n) is 2.07. The molecule has 2 aromatic heterocycles. The smallest absolute Gasteiger partial charge is 0.335 e. The van der Waals surface area contributed by atoms with E-state index in [2.05, 4.69) is 10.6 Å². The Kier molecular flexibility index (Phi) is 4.92. The number of nitrogens with one attached hydrogen (secondary N) is 2. The predicted octanol–water partition coefficient (Wildman–Crippen LogP) is 4.01. The molecule has 2 heterocycles. The Morgan fingerprint density at radius 2 is 1.36 bits per heavy atom. The van der Waals surface area contributed by atoms with Gasteiger partial charge in [-0.05, 0) is 41.1 Å². The van der Waals surface area contributed by atoms with Crippen molar-refractivity contribution >= 4 is 51.8 Å². The van der Waals surface area contributed by atoms with Crippen molar-refractivity contribution in [1.82, 2.24) is 0 Å². The Morgan fingerprint density at radius 1 is 0.800 bits per heavy atom. The summed E-state index contributed by atoms with van der Waals surface area (Å²) in [5, 5.41) is 18.1. The second-order valence-electron chi connectivity index (χ2n) is 4.93. The summed E-state index contributed by atoms with van der Waals surface area (Å²) in [5.74, 6) is -1.82. The number of aromatic carboxylic acids is 1. The van der Waals surface area contributed by atoms with Gasteiger partial charge >= 0.3 is 5.97 Å². The number of hydrogen-bond acceptors (Lipinski definition) is 5. The predicted molar refractivity (Wildman–Crippen MR) is 97.9 cm³/mol. The van der Waals surface area contributed by atoms with Gasteiger partial charge in [-0.15, -0.1) is 22.7 Å². The summed E-state index contributed by atoms with van der Waals surface area (Å²) in [6.07, 6.45) is 0. The molecule has 0 radical (unpaired) electrons. The maximum atomic E-state index is 12.3. The van der Waals surface area contributed by atoms with Crippen molar-refractivity contribution in [3.8, 4) is 0 Å². The lowest BCUT2D eigenvalue weighted by molar-refractivity contribution is 0.0696. The zero-order chi connectivity index (χ0) is 17.8. The fourth-order valence-corrected chi connectivity index (χ4v) is 3.31. The molecular weight excluding hydrogens is 360 g/mol. The lowest BCUT2D eigenvalue weighted by atomic mass is 10.1. The SMILES string of the molecule is O=C(O)c1ccc(NC(=O)c2cccs2)c(NC(=O)c2cccs2)c1. The summed E-state index contributed by atoms with van der Waals surface area (Å²) in [7, 11) is 0. The fraction of sp³-hybridized carbons (Fsp3) is 0. The molecule has 25 heavy (non-hydrogen) atoms. The molecule has 0 unspecified atom stereocenters. The minimum Gasteiger partial charge on any atom is -0.478 e. The van der Waals surface area contributed by atoms with E-state index in [0.29, 0.717) is 15.4 Å². The van der Waals surface area contributed by atoms with E-state index in [9.17, 15) is 14.4 Å². The second-order valence-corrected chi connectivity index (χ2v) is 6.82. The number of carbonyl (C=O) groups excluding carboxylic acids is 2. The van der Waals surface area contributed by atoms with Crippen LogP contribution < -0.4 is 10.6 Å². The van der Waals surface area contributed by atoms with Crippen molar-refractivity contribution in [3.05, 3.63) is 68.5 Å². The molecule has 3 rings (SSSR count). The van der Waals surface area contributed by atoms with Crippen LogP contribution in [0.25, 0.3) is 0 Å². The summed E-state index contributed by atoms with van der Waals surface area (Å²) in [6.45, 7) is 0. The van der Waals surface area contributed by atoms with E-state index in [0.717, 1.165) is 0 Å². The number of carbonyl (C=O) groups is 3. The zero-order valence-corrected chi connectivity index (χ0v) is 14.3. The molecular formula is C17H12N2O4S2. The minimum absolute atomic E-state index is 0.00982. The summed E-state index contributed by atoms with van der Waals surface area (Å²) in [6, 6.07) is 11.0. The van der Waals surface area contributed by atoms with Crippen LogP contribution in [0.15, 0.2) is 53.2 Å². The highest BCUT2D eigenvalue weighted by atomic mass is 32.1. The lowest BCUT2D eigenvalue weighted by Crippen LogP contribution is -2.16. The minimum atomic E-state index is -1.12. The average molecular weight is 372 g/mol. The van der Waals surface area contributed by atoms with Crippen molar-refractivity contribution in [2.75, 3.05) is 10.6 Å². The summed E-state index contributed by atoms with van der Waals surface area (Å²) < 4.78 is 0. The van der Waals surface area contributed by atoms with Crippen molar-refractivity contribution in [2.45, 2.75) is 0 Å². The molecule has 0 saturated heterocycles. The number of carboxylic acid groups (broad SMARTS) is 1. The first kappa shape index (κ1) is 16.9. The maximum Gasteiger partial charge on any atom is 0.335 e. The topological polar surface area (TPSA) is 95.5 Å². The molecule has 0 bridgehead atoms. The molecule has 1 aromatic carbocycles. The van der Waals surface area contributed by atoms with Crippen LogP contribution in [0.4, 0.5) is 11.4 Å². The van der Waals surface area contributed by atoms with Crippen LogP contribution in [0.2, 0.25) is 0 Å². The molecule has 2 amide bonds. The van der Waals surface area contributed by atoms with Gasteiger partial charge < -0.3 is 15.7 Å². The third kappa shape index (κ3) is 3.93. The molecule has 0 fully saturated rings. The number of anilines is 2. The van der Waals surface area contributed by atoms with Gasteiger partial charge in [-0.1, -0.05) is 12.1 Å². The molecule has 0 saturated carbocycles. The van der Waals surface area contributed by atoms with Crippen molar-refractivity contribution in [2.24, 2.45) is 0 Å². The van der Waals surface area contributed by atoms with E-state index >= 15 is 0 Å². The van der Waals surface area contributed by atoms with Gasteiger partial charge in [0.15, 0.2) is 0 Å². The molecule has 0 aliphatic carbocycles. The molecule has 6 nitrogen and oxygen atoms in total. The normalized spacial score (nSPS) is 10.2. The number of hydrogen-bond donors (Lipinski definition) is 3. The summed E-state index contributed by atoms with van der Waals surface area (Å²) in [4.78, 5) is 36.7. The highest BCUT2D eigenvalue weighted by Gasteiger charge is 2.15. The number of benzene rings is 1. The first-order chi connectivity index (χ1) is 12.0. The number of rotatable bonds is 5. The second kappa shape index (κ2) is 7.29. The van der Waals surface area contributed by atoms with Gasteiger partial charge in [0.2, 0.25) is 0 Å². The van der Waals surface area contributed by atoms with E-state index in [-0.39, 0.29) is 23.1 Å². The Morgan fingerprint density at radius 3 is 1.84 bits per heavy atom. The molecule has 0 spiro atoms. The van der Waals surface area contributed by atoms with Gasteiger partial charge in [-0.25, -0.2) is 4.79 Å². The largest absolute Gasteiger partial charge is 0.478 e. The van der Waals surface area contributed by atoms with Crippen LogP contribution in [0.3, 0.4) is 0 Å². The molecule has 3 aromatic rings. The lowest BCUT2D eigenvalue weighted by Gasteiger charge is -2.12. The maximum absolute atomic E-state index is 12.3. The van der Waals surface area contributed by atoms with Crippen molar-refractivity contribution in [3.63, 3.8) is 0 Å². The molecule has 0 aliphatic rings. The van der Waals surface area contributed by atoms with Gasteiger partial charge in [-0.2, -0.15) is 0 Å². The molecule has 0 atom stereocenters. The highest BCUT2D eigenvalue weighted by Crippen LogP contribution is 2.26. The zero-order valence-electron chi connectivity index (χ0n) is 12.7. The Labute approximate surface area is 150 Å². The van der Waals surface area contributed by atoms with Gasteiger partial charge in [0, 0.05) is 0 Å². The van der Waals surface area contributed by atoms with Crippen molar-refractivity contribution < 1.29 is 19.5 Å². The summed E-state index contributed by atoms with van der Waals surface area (Å²) >= 11 is 2.55. The monoisotopic (exact) mass is 372 g/mol.